The molecule has 0 fully saturated rings. The van der Waals surface area contributed by atoms with Gasteiger partial charge in [0.15, 0.2) is 0 Å². The first-order chi connectivity index (χ1) is 29.5. The number of aromatic nitrogens is 2. The summed E-state index contributed by atoms with van der Waals surface area (Å²) in [5.41, 5.74) is 10.9. The Balaban J connectivity index is 0.00000490. The van der Waals surface area contributed by atoms with Gasteiger partial charge >= 0.3 is 0 Å². The van der Waals surface area contributed by atoms with E-state index in [0.29, 0.717) is 22.9 Å². The van der Waals surface area contributed by atoms with E-state index in [-0.39, 0.29) is 32.2 Å². The number of halogens is 2. The first-order valence-corrected chi connectivity index (χ1v) is 20.3. The largest absolute Gasteiger partial charge is 0.509 e. The molecule has 0 radical (unpaired) electrons. The predicted molar refractivity (Wildman–Crippen MR) is 243 cm³/mol. The molecule has 0 bridgehead atoms. The van der Waals surface area contributed by atoms with Crippen molar-refractivity contribution in [1.29, 1.82) is 0 Å². The van der Waals surface area contributed by atoms with Gasteiger partial charge in [0.1, 0.15) is 17.5 Å². The predicted octanol–water partition coefficient (Wildman–Crippen LogP) is 14.5. The SMILES string of the molecule is Cc1cc(-c2ccccc2)cc(C)c1-c1cc(Oc2[c-]c3c(cc2)c2ccccc2n3-c2ccccn2)[c-]c(N2[CH-]N(c3c(F)cccc3F)c3cc(C(C)(C)C)ccc32)c1.[Pt]. The number of hydrogen-bond acceptors (Lipinski definition) is 4. The molecule has 0 atom stereocenters. The second-order valence-electron chi connectivity index (χ2n) is 16.6. The van der Waals surface area contributed by atoms with E-state index < -0.39 is 11.6 Å². The van der Waals surface area contributed by atoms with Gasteiger partial charge in [0.2, 0.25) is 0 Å². The maximum atomic E-state index is 15.7. The molecule has 1 aliphatic rings. The van der Waals surface area contributed by atoms with E-state index in [0.717, 1.165) is 72.3 Å². The zero-order chi connectivity index (χ0) is 42.0. The molecule has 1 aliphatic heterocycles. The molecule has 5 nitrogen and oxygen atoms in total. The molecule has 0 aliphatic carbocycles. The number of fused-ring (bicyclic) bond motifs is 4. The third kappa shape index (κ3) is 7.24. The molecular weight excluding hydrogens is 954 g/mol. The van der Waals surface area contributed by atoms with Gasteiger partial charge in [-0.05, 0) is 100 Å². The minimum Gasteiger partial charge on any atom is -0.509 e. The Kier molecular flexibility index (Phi) is 10.6. The second kappa shape index (κ2) is 16.0. The third-order valence-electron chi connectivity index (χ3n) is 11.4. The number of aryl methyl sites for hydroxylation is 2. The van der Waals surface area contributed by atoms with E-state index in [9.17, 15) is 0 Å². The summed E-state index contributed by atoms with van der Waals surface area (Å²) >= 11 is 0. The van der Waals surface area contributed by atoms with E-state index in [1.165, 1.54) is 18.2 Å². The van der Waals surface area contributed by atoms with Gasteiger partial charge in [-0.2, -0.15) is 6.07 Å². The van der Waals surface area contributed by atoms with Crippen LogP contribution in [0.3, 0.4) is 0 Å². The number of nitrogens with zero attached hydrogens (tertiary/aromatic N) is 4. The van der Waals surface area contributed by atoms with Gasteiger partial charge in [0.05, 0.1) is 5.69 Å². The molecule has 0 N–H and O–H groups in total. The van der Waals surface area contributed by atoms with E-state index >= 15 is 8.78 Å². The van der Waals surface area contributed by atoms with Crippen LogP contribution in [-0.4, -0.2) is 9.55 Å². The van der Waals surface area contributed by atoms with Gasteiger partial charge in [-0.3, -0.25) is 0 Å². The Morgan fingerprint density at radius 2 is 1.34 bits per heavy atom. The number of benzene rings is 7. The second-order valence-corrected chi connectivity index (χ2v) is 16.6. The molecule has 0 saturated heterocycles. The van der Waals surface area contributed by atoms with Crippen molar-refractivity contribution in [3.8, 4) is 39.6 Å². The van der Waals surface area contributed by atoms with Crippen LogP contribution in [-0.2, 0) is 26.5 Å². The molecular formula is C54H41F2N4OPt-3. The van der Waals surface area contributed by atoms with E-state index in [1.807, 2.05) is 77.7 Å². The summed E-state index contributed by atoms with van der Waals surface area (Å²) in [6.07, 6.45) is 1.79. The minimum atomic E-state index is -0.661. The monoisotopic (exact) mass is 994 g/mol. The molecule has 62 heavy (non-hydrogen) atoms. The summed E-state index contributed by atoms with van der Waals surface area (Å²) in [7, 11) is 0. The number of pyridine rings is 1. The van der Waals surface area contributed by atoms with Gasteiger partial charge < -0.3 is 19.1 Å². The van der Waals surface area contributed by atoms with Crippen molar-refractivity contribution in [2.24, 2.45) is 0 Å². The van der Waals surface area contributed by atoms with Crippen molar-refractivity contribution in [3.05, 3.63) is 199 Å². The summed E-state index contributed by atoms with van der Waals surface area (Å²) in [6, 6.07) is 54.1. The van der Waals surface area contributed by atoms with Crippen LogP contribution < -0.4 is 14.5 Å². The summed E-state index contributed by atoms with van der Waals surface area (Å²) < 4.78 is 40.2. The number of rotatable bonds is 7. The summed E-state index contributed by atoms with van der Waals surface area (Å²) in [5.74, 6) is 0.398. The Morgan fingerprint density at radius 1 is 0.613 bits per heavy atom. The number of hydrogen-bond donors (Lipinski definition) is 0. The molecule has 3 heterocycles. The average Bonchev–Trinajstić information content (AvgIpc) is 3.79. The summed E-state index contributed by atoms with van der Waals surface area (Å²) in [4.78, 5) is 8.22. The molecule has 9 aromatic rings. The summed E-state index contributed by atoms with van der Waals surface area (Å²) in [5, 5.41) is 2.11. The molecule has 2 aromatic heterocycles. The van der Waals surface area contributed by atoms with Crippen molar-refractivity contribution in [2.45, 2.75) is 40.0 Å². The normalized spacial score (nSPS) is 12.5. The van der Waals surface area contributed by atoms with E-state index in [1.54, 1.807) is 17.8 Å². The van der Waals surface area contributed by atoms with E-state index in [2.05, 4.69) is 111 Å². The molecule has 0 saturated carbocycles. The zero-order valence-corrected chi connectivity index (χ0v) is 37.1. The van der Waals surface area contributed by atoms with Crippen LogP contribution in [0.4, 0.5) is 31.5 Å². The first-order valence-electron chi connectivity index (χ1n) is 20.3. The van der Waals surface area contributed by atoms with Gasteiger partial charge in [-0.1, -0.05) is 105 Å². The fourth-order valence-corrected chi connectivity index (χ4v) is 8.57. The topological polar surface area (TPSA) is 33.5 Å². The van der Waals surface area contributed by atoms with Gasteiger partial charge in [-0.25, -0.2) is 13.8 Å². The molecule has 8 heteroatoms. The number of para-hydroxylation sites is 2. The van der Waals surface area contributed by atoms with Crippen LogP contribution in [0, 0.1) is 44.3 Å². The first kappa shape index (κ1) is 40.8. The molecule has 0 unspecified atom stereocenters. The van der Waals surface area contributed by atoms with Crippen molar-refractivity contribution in [3.63, 3.8) is 0 Å². The molecule has 7 aromatic carbocycles. The van der Waals surface area contributed by atoms with Crippen molar-refractivity contribution >= 4 is 44.6 Å². The van der Waals surface area contributed by atoms with Crippen LogP contribution in [0.2, 0.25) is 0 Å². The fraction of sp³-hybridized carbons (Fsp3) is 0.111. The minimum absolute atomic E-state index is 0. The Morgan fingerprint density at radius 3 is 2.06 bits per heavy atom. The average molecular weight is 995 g/mol. The Bertz CT molecular complexity index is 3100. The fourth-order valence-electron chi connectivity index (χ4n) is 8.57. The standard InChI is InChI=1S/C54H41F2N4O.Pt/c1-34-26-37(36-14-7-6-8-15-36)27-35(2)52(34)38-28-40(58-33-59(53-45(55)17-13-18-46(53)56)50-30-39(54(3,4)5)21-24-48(50)58)31-42(29-38)61-41-22-23-44-43-16-9-10-19-47(43)60(49(44)32-41)51-20-11-12-25-57-51;/h6-30,33H,1-5H3;/q-3;. The summed E-state index contributed by atoms with van der Waals surface area (Å²) in [6.45, 7) is 12.4. The van der Waals surface area contributed by atoms with Crippen LogP contribution in [0.5, 0.6) is 11.5 Å². The van der Waals surface area contributed by atoms with Gasteiger partial charge in [-0.15, -0.1) is 53.6 Å². The van der Waals surface area contributed by atoms with Crippen LogP contribution in [0.15, 0.2) is 152 Å². The van der Waals surface area contributed by atoms with Crippen molar-refractivity contribution < 1.29 is 34.6 Å². The van der Waals surface area contributed by atoms with Gasteiger partial charge in [0, 0.05) is 55.7 Å². The van der Waals surface area contributed by atoms with Crippen molar-refractivity contribution in [2.75, 3.05) is 9.80 Å². The Labute approximate surface area is 375 Å². The van der Waals surface area contributed by atoms with Crippen molar-refractivity contribution in [1.82, 2.24) is 9.55 Å². The number of anilines is 4. The smallest absolute Gasteiger partial charge is 0.147 e. The molecule has 0 spiro atoms. The zero-order valence-electron chi connectivity index (χ0n) is 34.8. The molecule has 10 rings (SSSR count). The maximum Gasteiger partial charge on any atom is 0.147 e. The number of ether oxygens (including phenoxy) is 1. The molecule has 310 valence electrons. The molecule has 0 amide bonds. The Hall–Kier alpha value is -6.56. The van der Waals surface area contributed by atoms with Crippen LogP contribution in [0.1, 0.15) is 37.5 Å². The van der Waals surface area contributed by atoms with Gasteiger partial charge in [0.25, 0.3) is 0 Å². The van der Waals surface area contributed by atoms with Crippen LogP contribution in [0.25, 0.3) is 49.9 Å². The van der Waals surface area contributed by atoms with E-state index in [4.69, 9.17) is 4.74 Å². The maximum absolute atomic E-state index is 15.7. The quantitative estimate of drug-likeness (QED) is 0.149. The van der Waals surface area contributed by atoms with Crippen LogP contribution >= 0.6 is 0 Å². The third-order valence-corrected chi connectivity index (χ3v) is 11.4.